The second-order valence-electron chi connectivity index (χ2n) is 6.42. The van der Waals surface area contributed by atoms with Crippen LogP contribution in [0.15, 0.2) is 69.6 Å². The fourth-order valence-electron chi connectivity index (χ4n) is 2.51. The van der Waals surface area contributed by atoms with Crippen molar-refractivity contribution < 1.29 is 9.53 Å². The average molecular weight is 441 g/mol. The Balaban J connectivity index is 2.42. The number of hydrogen-bond donors (Lipinski definition) is 2. The molecule has 0 bridgehead atoms. The number of likely N-dealkylation sites (N-methyl/N-ethyl adjacent to an activating group) is 1. The molecule has 8 nitrogen and oxygen atoms in total. The second-order valence-corrected chi connectivity index (χ2v) is 6.82. The summed E-state index contributed by atoms with van der Waals surface area (Å²) in [5, 5.41) is 3.96. The number of carbonyl (C=O) groups is 1. The third-order valence-corrected chi connectivity index (χ3v) is 4.30. The number of aromatic nitrogens is 1. The van der Waals surface area contributed by atoms with E-state index in [9.17, 15) is 4.79 Å². The summed E-state index contributed by atoms with van der Waals surface area (Å²) in [5.74, 6) is 0.738. The Morgan fingerprint density at radius 1 is 1.23 bits per heavy atom. The quantitative estimate of drug-likeness (QED) is 0.216. The number of amides is 1. The van der Waals surface area contributed by atoms with Crippen LogP contribution in [-0.4, -0.2) is 56.5 Å². The van der Waals surface area contributed by atoms with E-state index in [1.54, 1.807) is 64.9 Å². The predicted octanol–water partition coefficient (Wildman–Crippen LogP) is 2.91. The number of hydrogen-bond acceptors (Lipinski definition) is 6. The summed E-state index contributed by atoms with van der Waals surface area (Å²) in [5.41, 5.74) is 7.15. The Bertz CT molecular complexity index is 1090. The minimum absolute atomic E-state index is 0.181. The number of allylic oxidation sites excluding steroid dienone is 2. The molecular weight excluding hydrogens is 416 g/mol. The van der Waals surface area contributed by atoms with Gasteiger partial charge < -0.3 is 20.7 Å². The van der Waals surface area contributed by atoms with Crippen LogP contribution in [-0.2, 0) is 4.79 Å². The van der Waals surface area contributed by atoms with Gasteiger partial charge in [-0.2, -0.15) is 0 Å². The van der Waals surface area contributed by atoms with Crippen molar-refractivity contribution >= 4 is 46.5 Å². The first-order valence-corrected chi connectivity index (χ1v) is 9.66. The predicted molar refractivity (Wildman–Crippen MR) is 127 cm³/mol. The van der Waals surface area contributed by atoms with Crippen LogP contribution < -0.4 is 15.8 Å². The Labute approximate surface area is 186 Å². The van der Waals surface area contributed by atoms with Crippen LogP contribution in [0.4, 0.5) is 0 Å². The first-order valence-electron chi connectivity index (χ1n) is 9.29. The molecule has 0 unspecified atom stereocenters. The highest BCUT2D eigenvalue weighted by molar-refractivity contribution is 6.31. The van der Waals surface area contributed by atoms with Crippen LogP contribution >= 0.6 is 11.6 Å². The minimum atomic E-state index is -0.181. The highest BCUT2D eigenvalue weighted by Crippen LogP contribution is 2.26. The molecule has 0 saturated heterocycles. The van der Waals surface area contributed by atoms with Gasteiger partial charge in [0.15, 0.2) is 0 Å². The van der Waals surface area contributed by atoms with Crippen LogP contribution in [0.2, 0.25) is 0 Å². The molecular formula is C22H25ClN6O2. The van der Waals surface area contributed by atoms with Crippen LogP contribution in [0.3, 0.4) is 0 Å². The van der Waals surface area contributed by atoms with E-state index < -0.39 is 0 Å². The number of nitrogens with zero attached hydrogens (tertiary/aromatic N) is 4. The van der Waals surface area contributed by atoms with Crippen molar-refractivity contribution in [3.8, 4) is 5.75 Å². The van der Waals surface area contributed by atoms with Gasteiger partial charge in [-0.25, -0.2) is 4.98 Å². The maximum atomic E-state index is 12.6. The lowest BCUT2D eigenvalue weighted by Gasteiger charge is -2.14. The first kappa shape index (κ1) is 23.6. The number of ether oxygens (including phenoxy) is 1. The van der Waals surface area contributed by atoms with Gasteiger partial charge in [-0.3, -0.25) is 14.8 Å². The Hall–Kier alpha value is -3.65. The molecule has 162 valence electrons. The number of nitrogens with two attached hydrogens (primary N) is 1. The number of benzene rings is 1. The Kier molecular flexibility index (Phi) is 8.78. The van der Waals surface area contributed by atoms with E-state index >= 15 is 0 Å². The molecule has 0 aliphatic heterocycles. The van der Waals surface area contributed by atoms with Crippen molar-refractivity contribution in [3.63, 3.8) is 0 Å². The van der Waals surface area contributed by atoms with Gasteiger partial charge in [0.1, 0.15) is 11.5 Å². The molecule has 9 heteroatoms. The van der Waals surface area contributed by atoms with E-state index in [0.717, 1.165) is 5.39 Å². The molecule has 2 rings (SSSR count). The van der Waals surface area contributed by atoms with Crippen molar-refractivity contribution in [3.05, 3.63) is 65.3 Å². The van der Waals surface area contributed by atoms with E-state index in [-0.39, 0.29) is 10.9 Å². The van der Waals surface area contributed by atoms with E-state index in [4.69, 9.17) is 22.1 Å². The van der Waals surface area contributed by atoms with Gasteiger partial charge in [0.05, 0.1) is 28.2 Å². The van der Waals surface area contributed by atoms with Crippen LogP contribution in [0.1, 0.15) is 5.69 Å². The minimum Gasteiger partial charge on any atom is -0.456 e. The molecule has 0 saturated carbocycles. The number of pyridine rings is 1. The first-order chi connectivity index (χ1) is 14.9. The summed E-state index contributed by atoms with van der Waals surface area (Å²) in [6.45, 7) is 0. The summed E-state index contributed by atoms with van der Waals surface area (Å²) < 4.78 is 5.86. The third kappa shape index (κ3) is 6.42. The van der Waals surface area contributed by atoms with Crippen LogP contribution in [0.5, 0.6) is 5.75 Å². The zero-order chi connectivity index (χ0) is 22.8. The molecule has 0 radical (unpaired) electrons. The molecule has 0 aliphatic rings. The summed E-state index contributed by atoms with van der Waals surface area (Å²) >= 11 is 6.11. The largest absolute Gasteiger partial charge is 0.456 e. The van der Waals surface area contributed by atoms with Gasteiger partial charge >= 0.3 is 0 Å². The topological polar surface area (TPSA) is 105 Å². The number of rotatable bonds is 8. The molecule has 0 fully saturated rings. The maximum Gasteiger partial charge on any atom is 0.257 e. The third-order valence-electron chi connectivity index (χ3n) is 3.99. The molecule has 2 aromatic rings. The molecule has 3 N–H and O–H groups in total. The number of nitrogens with one attached hydrogen (secondary N) is 1. The van der Waals surface area contributed by atoms with Gasteiger partial charge in [-0.05, 0) is 24.3 Å². The molecule has 1 aromatic heterocycles. The average Bonchev–Trinajstić information content (AvgIpc) is 2.78. The van der Waals surface area contributed by atoms with Gasteiger partial charge in [-0.1, -0.05) is 17.7 Å². The number of halogens is 1. The fraction of sp³-hybridized carbons (Fsp3) is 0.182. The lowest BCUT2D eigenvalue weighted by molar-refractivity contribution is -0.122. The zero-order valence-corrected chi connectivity index (χ0v) is 18.6. The molecule has 1 amide bonds. The molecule has 1 aromatic carbocycles. The van der Waals surface area contributed by atoms with Crippen LogP contribution in [0.25, 0.3) is 16.5 Å². The van der Waals surface area contributed by atoms with Gasteiger partial charge in [0.2, 0.25) is 0 Å². The van der Waals surface area contributed by atoms with Crippen molar-refractivity contribution in [2.75, 3.05) is 28.2 Å². The maximum absolute atomic E-state index is 12.6. The van der Waals surface area contributed by atoms with Crippen molar-refractivity contribution in [2.24, 2.45) is 15.7 Å². The van der Waals surface area contributed by atoms with Gasteiger partial charge in [0.25, 0.3) is 5.91 Å². The molecule has 0 atom stereocenters. The lowest BCUT2D eigenvalue weighted by Crippen LogP contribution is -2.24. The summed E-state index contributed by atoms with van der Waals surface area (Å²) in [6, 6.07) is 9.03. The van der Waals surface area contributed by atoms with Gasteiger partial charge in [0, 0.05) is 58.3 Å². The zero-order valence-electron chi connectivity index (χ0n) is 17.8. The van der Waals surface area contributed by atoms with E-state index in [1.165, 1.54) is 17.4 Å². The highest BCUT2D eigenvalue weighted by Gasteiger charge is 2.16. The van der Waals surface area contributed by atoms with Crippen LogP contribution in [0, 0.1) is 0 Å². The van der Waals surface area contributed by atoms with Crippen molar-refractivity contribution in [2.45, 2.75) is 0 Å². The summed E-state index contributed by atoms with van der Waals surface area (Å²) in [4.78, 5) is 26.5. The number of aliphatic imine (C=N–C) groups is 2. The van der Waals surface area contributed by atoms with E-state index in [2.05, 4.69) is 20.3 Å². The molecule has 31 heavy (non-hydrogen) atoms. The van der Waals surface area contributed by atoms with E-state index in [1.807, 2.05) is 12.1 Å². The van der Waals surface area contributed by atoms with Crippen molar-refractivity contribution in [1.29, 1.82) is 0 Å². The Morgan fingerprint density at radius 3 is 2.65 bits per heavy atom. The SMILES string of the molecule is CN=C/C=C(Oc1ccc2nc(/C(=C/NC=NC)C(=O)N(C)C)ccc2c1)\C(Cl)=C\N. The fourth-order valence-corrected chi connectivity index (χ4v) is 2.61. The summed E-state index contributed by atoms with van der Waals surface area (Å²) in [7, 11) is 6.64. The molecule has 0 spiro atoms. The smallest absolute Gasteiger partial charge is 0.257 e. The second kappa shape index (κ2) is 11.5. The summed E-state index contributed by atoms with van der Waals surface area (Å²) in [6.07, 6.45) is 7.49. The standard InChI is InChI=1S/C22H25ClN6O2/c1-25-10-9-21(18(23)12-24)31-16-6-8-19-15(11-16)5-7-20(28-19)17(13-27-14-26-2)22(30)29(3)4/h5-14H,24H2,1-4H3,(H,26,27)/b17-13-,18-12-,21-9+,25-10?. The molecule has 0 aliphatic carbocycles. The van der Waals surface area contributed by atoms with E-state index in [0.29, 0.717) is 28.3 Å². The highest BCUT2D eigenvalue weighted by atomic mass is 35.5. The van der Waals surface area contributed by atoms with Gasteiger partial charge in [-0.15, -0.1) is 0 Å². The Morgan fingerprint density at radius 2 is 2.00 bits per heavy atom. The number of fused-ring (bicyclic) bond motifs is 1. The van der Waals surface area contributed by atoms with Crippen molar-refractivity contribution in [1.82, 2.24) is 15.2 Å². The normalized spacial score (nSPS) is 13.3. The molecule has 1 heterocycles. The lowest BCUT2D eigenvalue weighted by atomic mass is 10.1. The number of carbonyl (C=O) groups excluding carboxylic acids is 1. The monoisotopic (exact) mass is 440 g/mol.